The second-order valence-electron chi connectivity index (χ2n) is 6.91. The summed E-state index contributed by atoms with van der Waals surface area (Å²) < 4.78 is 0. The molecule has 5 heteroatoms. The molecule has 2 aromatic carbocycles. The molecule has 0 aromatic heterocycles. The number of amides is 1. The third-order valence-corrected chi connectivity index (χ3v) is 5.89. The largest absolute Gasteiger partial charge is 0.337 e. The highest BCUT2D eigenvalue weighted by molar-refractivity contribution is 7.98. The molecule has 140 valence electrons. The van der Waals surface area contributed by atoms with E-state index in [1.807, 2.05) is 34.9 Å². The van der Waals surface area contributed by atoms with Crippen LogP contribution in [0.3, 0.4) is 0 Å². The van der Waals surface area contributed by atoms with E-state index in [4.69, 9.17) is 5.73 Å². The number of carbonyl (C=O) groups excluding carboxylic acids is 1. The Kier molecular flexibility index (Phi) is 7.56. The number of likely N-dealkylation sites (tertiary alicyclic amines) is 1. The normalized spacial score (nSPS) is 16.9. The summed E-state index contributed by atoms with van der Waals surface area (Å²) in [6, 6.07) is 14.7. The molecule has 1 heterocycles. The molecule has 1 atom stereocenters. The Hall–Kier alpha value is -1.49. The Bertz CT molecular complexity index is 765. The number of halogens is 1. The molecule has 26 heavy (non-hydrogen) atoms. The van der Waals surface area contributed by atoms with Gasteiger partial charge in [0.2, 0.25) is 0 Å². The number of nitrogens with zero attached hydrogens (tertiary/aromatic N) is 1. The molecule has 0 saturated carbocycles. The van der Waals surface area contributed by atoms with E-state index in [0.29, 0.717) is 6.54 Å². The molecule has 0 bridgehead atoms. The van der Waals surface area contributed by atoms with Gasteiger partial charge in [-0.25, -0.2) is 0 Å². The molecule has 0 aliphatic carbocycles. The van der Waals surface area contributed by atoms with E-state index in [0.717, 1.165) is 30.7 Å². The van der Waals surface area contributed by atoms with Gasteiger partial charge < -0.3 is 10.6 Å². The summed E-state index contributed by atoms with van der Waals surface area (Å²) in [6.45, 7) is 5.74. The summed E-state index contributed by atoms with van der Waals surface area (Å²) in [4.78, 5) is 15.9. The third-order valence-electron chi connectivity index (χ3n) is 4.64. The van der Waals surface area contributed by atoms with E-state index in [1.165, 1.54) is 21.6 Å². The van der Waals surface area contributed by atoms with Crippen molar-refractivity contribution in [3.05, 3.63) is 64.7 Å². The maximum Gasteiger partial charge on any atom is 0.253 e. The fraction of sp³-hybridized carbons (Fsp3) is 0.381. The van der Waals surface area contributed by atoms with Crippen LogP contribution in [0.1, 0.15) is 39.9 Å². The first kappa shape index (κ1) is 20.8. The number of thioether (sulfide) groups is 1. The zero-order valence-corrected chi connectivity index (χ0v) is 17.0. The standard InChI is InChI=1S/C21H26N2OS.ClH/c1-15-8-9-20(16(2)11-15)25-14-17-5-3-6-18(12-17)21(24)23-10-4-7-19(22)13-23;/h3,5-6,8-9,11-12,19H,4,7,10,13-14,22H2,1-2H3;1H. The zero-order valence-electron chi connectivity index (χ0n) is 15.4. The van der Waals surface area contributed by atoms with Gasteiger partial charge in [0.15, 0.2) is 0 Å². The molecular formula is C21H27ClN2OS. The molecule has 1 aliphatic rings. The molecule has 3 rings (SSSR count). The van der Waals surface area contributed by atoms with Gasteiger partial charge in [-0.15, -0.1) is 24.2 Å². The Labute approximate surface area is 166 Å². The molecule has 0 radical (unpaired) electrons. The fourth-order valence-electron chi connectivity index (χ4n) is 3.29. The molecule has 1 saturated heterocycles. The molecule has 1 fully saturated rings. The number of hydrogen-bond donors (Lipinski definition) is 1. The Morgan fingerprint density at radius 1 is 1.23 bits per heavy atom. The van der Waals surface area contributed by atoms with Crippen LogP contribution in [-0.4, -0.2) is 29.9 Å². The Morgan fingerprint density at radius 3 is 2.77 bits per heavy atom. The lowest BCUT2D eigenvalue weighted by atomic mass is 10.0. The van der Waals surface area contributed by atoms with Gasteiger partial charge >= 0.3 is 0 Å². The van der Waals surface area contributed by atoms with Crippen molar-refractivity contribution in [2.75, 3.05) is 13.1 Å². The van der Waals surface area contributed by atoms with Crippen LogP contribution in [0.25, 0.3) is 0 Å². The van der Waals surface area contributed by atoms with Crippen molar-refractivity contribution in [3.8, 4) is 0 Å². The smallest absolute Gasteiger partial charge is 0.253 e. The van der Waals surface area contributed by atoms with Gasteiger partial charge in [0.05, 0.1) is 0 Å². The maximum atomic E-state index is 12.7. The summed E-state index contributed by atoms with van der Waals surface area (Å²) in [5.74, 6) is 0.971. The van der Waals surface area contributed by atoms with Crippen molar-refractivity contribution in [2.24, 2.45) is 5.73 Å². The van der Waals surface area contributed by atoms with E-state index >= 15 is 0 Å². The van der Waals surface area contributed by atoms with E-state index in [1.54, 1.807) is 0 Å². The summed E-state index contributed by atoms with van der Waals surface area (Å²) in [5.41, 5.74) is 10.6. The van der Waals surface area contributed by atoms with Crippen molar-refractivity contribution >= 4 is 30.1 Å². The molecule has 1 amide bonds. The zero-order chi connectivity index (χ0) is 17.8. The number of nitrogens with two attached hydrogens (primary N) is 1. The van der Waals surface area contributed by atoms with Crippen molar-refractivity contribution < 1.29 is 4.79 Å². The van der Waals surface area contributed by atoms with Gasteiger partial charge in [0.25, 0.3) is 5.91 Å². The van der Waals surface area contributed by atoms with Gasteiger partial charge in [-0.3, -0.25) is 4.79 Å². The summed E-state index contributed by atoms with van der Waals surface area (Å²) in [6.07, 6.45) is 2.01. The summed E-state index contributed by atoms with van der Waals surface area (Å²) in [7, 11) is 0. The number of rotatable bonds is 4. The SMILES string of the molecule is Cc1ccc(SCc2cccc(C(=O)N3CCCC(N)C3)c2)c(C)c1.Cl. The second-order valence-corrected chi connectivity index (χ2v) is 7.93. The van der Waals surface area contributed by atoms with Crippen LogP contribution in [0, 0.1) is 13.8 Å². The number of benzene rings is 2. The van der Waals surface area contributed by atoms with Crippen molar-refractivity contribution in [2.45, 2.75) is 43.4 Å². The summed E-state index contributed by atoms with van der Waals surface area (Å²) in [5, 5.41) is 0. The average molecular weight is 391 g/mol. The van der Waals surface area contributed by atoms with Crippen LogP contribution >= 0.6 is 24.2 Å². The number of carbonyl (C=O) groups is 1. The predicted molar refractivity (Wildman–Crippen MR) is 112 cm³/mol. The van der Waals surface area contributed by atoms with Crippen molar-refractivity contribution in [1.82, 2.24) is 4.90 Å². The quantitative estimate of drug-likeness (QED) is 0.777. The van der Waals surface area contributed by atoms with Crippen LogP contribution in [0.15, 0.2) is 47.4 Å². The van der Waals surface area contributed by atoms with E-state index in [2.05, 4.69) is 38.1 Å². The third kappa shape index (κ3) is 5.26. The van der Waals surface area contributed by atoms with Crippen molar-refractivity contribution in [1.29, 1.82) is 0 Å². The molecule has 2 aromatic rings. The van der Waals surface area contributed by atoms with Crippen LogP contribution in [0.5, 0.6) is 0 Å². The monoisotopic (exact) mass is 390 g/mol. The molecule has 3 nitrogen and oxygen atoms in total. The lowest BCUT2D eigenvalue weighted by Crippen LogP contribution is -2.45. The molecular weight excluding hydrogens is 364 g/mol. The lowest BCUT2D eigenvalue weighted by molar-refractivity contribution is 0.0708. The van der Waals surface area contributed by atoms with Gasteiger partial charge in [0, 0.05) is 35.3 Å². The predicted octanol–water partition coefficient (Wildman–Crippen LogP) is 4.58. The van der Waals surface area contributed by atoms with E-state index in [-0.39, 0.29) is 24.4 Å². The topological polar surface area (TPSA) is 46.3 Å². The highest BCUT2D eigenvalue weighted by atomic mass is 35.5. The Balaban J connectivity index is 0.00000243. The average Bonchev–Trinajstić information content (AvgIpc) is 2.60. The molecule has 2 N–H and O–H groups in total. The van der Waals surface area contributed by atoms with Crippen molar-refractivity contribution in [3.63, 3.8) is 0 Å². The van der Waals surface area contributed by atoms with Crippen LogP contribution in [0.2, 0.25) is 0 Å². The minimum Gasteiger partial charge on any atom is -0.337 e. The Morgan fingerprint density at radius 2 is 2.04 bits per heavy atom. The number of piperidine rings is 1. The van der Waals surface area contributed by atoms with Crippen LogP contribution in [-0.2, 0) is 5.75 Å². The van der Waals surface area contributed by atoms with E-state index < -0.39 is 0 Å². The van der Waals surface area contributed by atoms with Gasteiger partial charge in [-0.2, -0.15) is 0 Å². The first-order chi connectivity index (χ1) is 12.0. The minimum atomic E-state index is 0. The lowest BCUT2D eigenvalue weighted by Gasteiger charge is -2.30. The fourth-order valence-corrected chi connectivity index (χ4v) is 4.25. The van der Waals surface area contributed by atoms with Gasteiger partial charge in [0.1, 0.15) is 0 Å². The highest BCUT2D eigenvalue weighted by Gasteiger charge is 2.22. The maximum absolute atomic E-state index is 12.7. The number of hydrogen-bond acceptors (Lipinski definition) is 3. The molecule has 1 aliphatic heterocycles. The first-order valence-electron chi connectivity index (χ1n) is 8.87. The second kappa shape index (κ2) is 9.45. The minimum absolute atomic E-state index is 0. The molecule has 1 unspecified atom stereocenters. The highest BCUT2D eigenvalue weighted by Crippen LogP contribution is 2.27. The number of aryl methyl sites for hydroxylation is 2. The van der Waals surface area contributed by atoms with E-state index in [9.17, 15) is 4.79 Å². The van der Waals surface area contributed by atoms with Gasteiger partial charge in [-0.05, 0) is 56.0 Å². The molecule has 0 spiro atoms. The first-order valence-corrected chi connectivity index (χ1v) is 9.85. The summed E-state index contributed by atoms with van der Waals surface area (Å²) >= 11 is 1.82. The van der Waals surface area contributed by atoms with Crippen LogP contribution in [0.4, 0.5) is 0 Å². The van der Waals surface area contributed by atoms with Gasteiger partial charge in [-0.1, -0.05) is 29.8 Å². The van der Waals surface area contributed by atoms with Crippen LogP contribution < -0.4 is 5.73 Å².